The van der Waals surface area contributed by atoms with Crippen molar-refractivity contribution in [3.8, 4) is 0 Å². The average Bonchev–Trinajstić information content (AvgIpc) is 3.16. The van der Waals surface area contributed by atoms with Crippen LogP contribution in [0.5, 0.6) is 0 Å². The summed E-state index contributed by atoms with van der Waals surface area (Å²) in [5.74, 6) is 0.851. The number of alkyl halides is 3. The van der Waals surface area contributed by atoms with E-state index in [9.17, 15) is 13.2 Å². The molecule has 152 valence electrons. The molecule has 12 heteroatoms. The molecule has 0 aliphatic carbocycles. The van der Waals surface area contributed by atoms with E-state index in [4.69, 9.17) is 17.3 Å². The van der Waals surface area contributed by atoms with Gasteiger partial charge >= 0.3 is 6.18 Å². The van der Waals surface area contributed by atoms with Gasteiger partial charge in [-0.3, -0.25) is 4.40 Å². The molecule has 0 aliphatic rings. The molecule has 2 N–H and O–H groups in total. The summed E-state index contributed by atoms with van der Waals surface area (Å²) >= 11 is 8.67. The lowest BCUT2D eigenvalue weighted by molar-refractivity contribution is -0.137. The Morgan fingerprint density at radius 2 is 1.97 bits per heavy atom. The standard InChI is InChI=1S/C17H14ClF3N6S2/c1-6-7(2)28-15-11(6)12(22)23-13(24-15)8(3)29-16-26-25-14-10(18)4-9(5-27(14)16)17(19,20)21/h4-5,8H,1-3H3,(H2,22,23,24). The van der Waals surface area contributed by atoms with Gasteiger partial charge < -0.3 is 5.73 Å². The first-order chi connectivity index (χ1) is 13.6. The van der Waals surface area contributed by atoms with Crippen LogP contribution in [0, 0.1) is 13.8 Å². The van der Waals surface area contributed by atoms with Gasteiger partial charge in [0.25, 0.3) is 0 Å². The van der Waals surface area contributed by atoms with Gasteiger partial charge in [-0.05, 0) is 32.4 Å². The smallest absolute Gasteiger partial charge is 0.383 e. The number of aromatic nitrogens is 5. The summed E-state index contributed by atoms with van der Waals surface area (Å²) in [5.41, 5.74) is 6.45. The molecule has 29 heavy (non-hydrogen) atoms. The molecule has 0 amide bonds. The van der Waals surface area contributed by atoms with E-state index < -0.39 is 11.7 Å². The fourth-order valence-corrected chi connectivity index (χ4v) is 5.02. The van der Waals surface area contributed by atoms with Gasteiger partial charge in [0, 0.05) is 11.1 Å². The first-order valence-corrected chi connectivity index (χ1v) is 10.4. The lowest BCUT2D eigenvalue weighted by Gasteiger charge is -2.11. The molecule has 0 saturated heterocycles. The van der Waals surface area contributed by atoms with Crippen LogP contribution in [-0.4, -0.2) is 24.6 Å². The van der Waals surface area contributed by atoms with E-state index in [2.05, 4.69) is 20.2 Å². The third kappa shape index (κ3) is 3.51. The van der Waals surface area contributed by atoms with E-state index in [0.29, 0.717) is 11.6 Å². The summed E-state index contributed by atoms with van der Waals surface area (Å²) in [6, 6.07) is 0.836. The number of fused-ring (bicyclic) bond motifs is 2. The van der Waals surface area contributed by atoms with Gasteiger partial charge in [-0.15, -0.1) is 21.5 Å². The van der Waals surface area contributed by atoms with E-state index in [0.717, 1.165) is 32.9 Å². The number of hydrogen-bond acceptors (Lipinski definition) is 7. The number of aryl methyl sites for hydroxylation is 2. The largest absolute Gasteiger partial charge is 0.417 e. The minimum absolute atomic E-state index is 0.127. The Labute approximate surface area is 176 Å². The number of nitrogen functional groups attached to an aromatic ring is 1. The molecule has 0 aromatic carbocycles. The van der Waals surface area contributed by atoms with Crippen LogP contribution in [-0.2, 0) is 6.18 Å². The fraction of sp³-hybridized carbons (Fsp3) is 0.294. The number of anilines is 1. The Balaban J connectivity index is 1.73. The summed E-state index contributed by atoms with van der Waals surface area (Å²) in [6.07, 6.45) is -3.60. The summed E-state index contributed by atoms with van der Waals surface area (Å²) < 4.78 is 40.6. The van der Waals surface area contributed by atoms with Crippen molar-refractivity contribution in [1.82, 2.24) is 24.6 Å². The number of halogens is 4. The Bertz CT molecular complexity index is 1250. The Morgan fingerprint density at radius 3 is 2.66 bits per heavy atom. The number of nitrogens with two attached hydrogens (primary N) is 1. The highest BCUT2D eigenvalue weighted by atomic mass is 35.5. The van der Waals surface area contributed by atoms with Crippen LogP contribution in [0.2, 0.25) is 5.02 Å². The molecule has 4 rings (SSSR count). The minimum atomic E-state index is -4.53. The SMILES string of the molecule is Cc1sc2nc(C(C)Sc3nnc4c(Cl)cc(C(F)(F)F)cn34)nc(N)c2c1C. The predicted molar refractivity (Wildman–Crippen MR) is 109 cm³/mol. The molecular formula is C17H14ClF3N6S2. The van der Waals surface area contributed by atoms with Gasteiger partial charge in [0.05, 0.1) is 21.2 Å². The predicted octanol–water partition coefficient (Wildman–Crippen LogP) is 5.46. The van der Waals surface area contributed by atoms with Crippen LogP contribution >= 0.6 is 34.7 Å². The second-order valence-corrected chi connectivity index (χ2v) is 9.36. The van der Waals surface area contributed by atoms with Crippen molar-refractivity contribution in [3.63, 3.8) is 0 Å². The van der Waals surface area contributed by atoms with Crippen molar-refractivity contribution in [1.29, 1.82) is 0 Å². The van der Waals surface area contributed by atoms with Crippen LogP contribution < -0.4 is 5.73 Å². The maximum atomic E-state index is 13.1. The van der Waals surface area contributed by atoms with E-state index in [1.165, 1.54) is 27.5 Å². The zero-order chi connectivity index (χ0) is 21.1. The molecule has 0 aliphatic heterocycles. The maximum Gasteiger partial charge on any atom is 0.417 e. The molecule has 0 fully saturated rings. The third-order valence-electron chi connectivity index (χ3n) is 4.48. The molecule has 1 atom stereocenters. The summed E-state index contributed by atoms with van der Waals surface area (Å²) in [6.45, 7) is 5.79. The minimum Gasteiger partial charge on any atom is -0.383 e. The van der Waals surface area contributed by atoms with Crippen molar-refractivity contribution in [3.05, 3.63) is 39.1 Å². The molecule has 4 aromatic rings. The van der Waals surface area contributed by atoms with E-state index in [1.54, 1.807) is 0 Å². The van der Waals surface area contributed by atoms with Gasteiger partial charge in [-0.25, -0.2) is 9.97 Å². The number of rotatable bonds is 3. The average molecular weight is 459 g/mol. The molecule has 0 bridgehead atoms. The van der Waals surface area contributed by atoms with Crippen LogP contribution in [0.3, 0.4) is 0 Å². The van der Waals surface area contributed by atoms with Crippen LogP contribution in [0.4, 0.5) is 19.0 Å². The van der Waals surface area contributed by atoms with E-state index >= 15 is 0 Å². The monoisotopic (exact) mass is 458 g/mol. The number of nitrogens with zero attached hydrogens (tertiary/aromatic N) is 5. The zero-order valence-corrected chi connectivity index (χ0v) is 17.8. The van der Waals surface area contributed by atoms with Gasteiger partial charge in [-0.1, -0.05) is 23.4 Å². The first-order valence-electron chi connectivity index (χ1n) is 8.37. The quantitative estimate of drug-likeness (QED) is 0.410. The van der Waals surface area contributed by atoms with Gasteiger partial charge in [0.15, 0.2) is 10.8 Å². The number of hydrogen-bond donors (Lipinski definition) is 1. The number of pyridine rings is 1. The Morgan fingerprint density at radius 1 is 1.24 bits per heavy atom. The van der Waals surface area contributed by atoms with Gasteiger partial charge in [0.2, 0.25) is 0 Å². The molecule has 1 unspecified atom stereocenters. The maximum absolute atomic E-state index is 13.1. The molecule has 0 saturated carbocycles. The molecule has 4 heterocycles. The molecule has 0 spiro atoms. The van der Waals surface area contributed by atoms with Crippen molar-refractivity contribution in [2.45, 2.75) is 37.4 Å². The molecule has 6 nitrogen and oxygen atoms in total. The molecular weight excluding hydrogens is 445 g/mol. The van der Waals surface area contributed by atoms with Crippen LogP contribution in [0.25, 0.3) is 15.9 Å². The zero-order valence-electron chi connectivity index (χ0n) is 15.4. The third-order valence-corrected chi connectivity index (χ3v) is 6.91. The number of thiophene rings is 1. The lowest BCUT2D eigenvalue weighted by atomic mass is 10.2. The second kappa shape index (κ2) is 6.99. The Hall–Kier alpha value is -2.11. The highest BCUT2D eigenvalue weighted by Crippen LogP contribution is 2.38. The second-order valence-electron chi connectivity index (χ2n) is 6.44. The van der Waals surface area contributed by atoms with Crippen LogP contribution in [0.1, 0.15) is 34.0 Å². The molecule has 4 aromatic heterocycles. The van der Waals surface area contributed by atoms with E-state index in [-0.39, 0.29) is 21.1 Å². The highest BCUT2D eigenvalue weighted by Gasteiger charge is 2.32. The Kier molecular flexibility index (Phi) is 4.87. The van der Waals surface area contributed by atoms with Crippen molar-refractivity contribution < 1.29 is 13.2 Å². The lowest BCUT2D eigenvalue weighted by Crippen LogP contribution is -2.07. The van der Waals surface area contributed by atoms with Gasteiger partial charge in [-0.2, -0.15) is 13.2 Å². The normalized spacial score (nSPS) is 13.5. The summed E-state index contributed by atoms with van der Waals surface area (Å²) in [7, 11) is 0. The topological polar surface area (TPSA) is 82.0 Å². The van der Waals surface area contributed by atoms with Crippen molar-refractivity contribution >= 4 is 56.4 Å². The molecule has 0 radical (unpaired) electrons. The fourth-order valence-electron chi connectivity index (χ4n) is 2.86. The number of thioether (sulfide) groups is 1. The van der Waals surface area contributed by atoms with Gasteiger partial charge in [0.1, 0.15) is 16.5 Å². The van der Waals surface area contributed by atoms with Crippen molar-refractivity contribution in [2.24, 2.45) is 0 Å². The summed E-state index contributed by atoms with van der Waals surface area (Å²) in [5, 5.41) is 8.52. The summed E-state index contributed by atoms with van der Waals surface area (Å²) in [4.78, 5) is 10.9. The van der Waals surface area contributed by atoms with Crippen molar-refractivity contribution in [2.75, 3.05) is 5.73 Å². The first kappa shape index (κ1) is 20.2. The highest BCUT2D eigenvalue weighted by molar-refractivity contribution is 7.99. The van der Waals surface area contributed by atoms with Crippen LogP contribution in [0.15, 0.2) is 17.4 Å². The van der Waals surface area contributed by atoms with E-state index in [1.807, 2.05) is 20.8 Å².